The van der Waals surface area contributed by atoms with E-state index in [0.29, 0.717) is 17.9 Å². The predicted molar refractivity (Wildman–Crippen MR) is 88.7 cm³/mol. The van der Waals surface area contributed by atoms with E-state index in [2.05, 4.69) is 10.4 Å². The molecule has 1 aromatic carbocycles. The monoisotopic (exact) mass is 332 g/mol. The van der Waals surface area contributed by atoms with E-state index in [1.54, 1.807) is 30.0 Å². The van der Waals surface area contributed by atoms with Crippen LogP contribution >= 0.6 is 0 Å². The fourth-order valence-corrected chi connectivity index (χ4v) is 3.04. The first-order valence-electron chi connectivity index (χ1n) is 7.84. The number of nitrogens with zero attached hydrogens (tertiary/aromatic N) is 3. The molecule has 7 heteroatoms. The molecule has 128 valence electrons. The number of carbonyl (C=O) groups is 1. The number of likely N-dealkylation sites (N-methyl/N-ethyl adjacent to an activating group) is 1. The van der Waals surface area contributed by atoms with Crippen LogP contribution in [0.1, 0.15) is 12.1 Å². The van der Waals surface area contributed by atoms with Crippen LogP contribution in [0.5, 0.6) is 0 Å². The molecule has 0 unspecified atom stereocenters. The summed E-state index contributed by atoms with van der Waals surface area (Å²) in [6.07, 6.45) is 0.722. The maximum atomic E-state index is 13.4. The van der Waals surface area contributed by atoms with Crippen molar-refractivity contribution >= 4 is 11.7 Å². The third-order valence-corrected chi connectivity index (χ3v) is 4.34. The molecule has 0 aliphatic carbocycles. The first-order chi connectivity index (χ1) is 11.5. The molecular weight excluding hydrogens is 311 g/mol. The van der Waals surface area contributed by atoms with Crippen LogP contribution in [0.3, 0.4) is 0 Å². The van der Waals surface area contributed by atoms with Gasteiger partial charge in [-0.2, -0.15) is 0 Å². The minimum atomic E-state index is -0.328. The topological polar surface area (TPSA) is 59.4 Å². The molecule has 3 rings (SSSR count). The Bertz CT molecular complexity index is 746. The largest absolute Gasteiger partial charge is 0.380 e. The molecule has 0 spiro atoms. The quantitative estimate of drug-likeness (QED) is 0.930. The van der Waals surface area contributed by atoms with Gasteiger partial charge < -0.3 is 10.1 Å². The van der Waals surface area contributed by atoms with Crippen LogP contribution in [-0.4, -0.2) is 53.4 Å². The van der Waals surface area contributed by atoms with E-state index in [4.69, 9.17) is 4.74 Å². The second-order valence-electron chi connectivity index (χ2n) is 6.10. The Hall–Kier alpha value is -2.25. The molecule has 1 aliphatic heterocycles. The molecule has 24 heavy (non-hydrogen) atoms. The van der Waals surface area contributed by atoms with E-state index in [1.165, 1.54) is 12.1 Å². The minimum Gasteiger partial charge on any atom is -0.380 e. The molecule has 0 bridgehead atoms. The first-order valence-corrected chi connectivity index (χ1v) is 7.84. The zero-order valence-corrected chi connectivity index (χ0v) is 14.0. The van der Waals surface area contributed by atoms with Crippen LogP contribution < -0.4 is 5.32 Å². The molecule has 1 fully saturated rings. The van der Waals surface area contributed by atoms with Crippen molar-refractivity contribution in [3.05, 3.63) is 41.8 Å². The molecule has 1 aromatic heterocycles. The lowest BCUT2D eigenvalue weighted by molar-refractivity contribution is -0.120. The van der Waals surface area contributed by atoms with Crippen molar-refractivity contribution in [2.45, 2.75) is 25.5 Å². The van der Waals surface area contributed by atoms with Crippen LogP contribution in [0.4, 0.5) is 10.2 Å². The molecule has 2 atom stereocenters. The average molecular weight is 332 g/mol. The van der Waals surface area contributed by atoms with E-state index in [9.17, 15) is 9.18 Å². The van der Waals surface area contributed by atoms with Gasteiger partial charge in [0.15, 0.2) is 5.82 Å². The third kappa shape index (κ3) is 3.32. The molecule has 0 saturated carbocycles. The van der Waals surface area contributed by atoms with E-state index < -0.39 is 0 Å². The summed E-state index contributed by atoms with van der Waals surface area (Å²) in [6, 6.07) is 7.71. The van der Waals surface area contributed by atoms with Crippen LogP contribution in [-0.2, 0) is 9.53 Å². The van der Waals surface area contributed by atoms with Gasteiger partial charge in [0.05, 0.1) is 17.8 Å². The lowest BCUT2D eigenvalue weighted by Gasteiger charge is -2.17. The summed E-state index contributed by atoms with van der Waals surface area (Å²) in [7, 11) is 3.56. The van der Waals surface area contributed by atoms with E-state index in [-0.39, 0.29) is 23.9 Å². The summed E-state index contributed by atoms with van der Waals surface area (Å²) >= 11 is 0. The molecule has 1 aliphatic rings. The van der Waals surface area contributed by atoms with Crippen molar-refractivity contribution in [1.29, 1.82) is 0 Å². The number of aromatic nitrogens is 2. The number of carbonyl (C=O) groups excluding carboxylic acids is 1. The standard InChI is InChI=1S/C17H21FN4O2/c1-11-7-16(20-22(11)13-6-4-5-12(18)8-13)19-17(23)15-9-14(24-3)10-21(15)2/h4-8,14-15H,9-10H2,1-3H3,(H,19,20,23)/t14-,15-/m0/s1. The Balaban J connectivity index is 1.75. The van der Waals surface area contributed by atoms with Crippen molar-refractivity contribution in [2.75, 3.05) is 26.0 Å². The number of aryl methyl sites for hydroxylation is 1. The van der Waals surface area contributed by atoms with Crippen molar-refractivity contribution in [2.24, 2.45) is 0 Å². The summed E-state index contributed by atoms with van der Waals surface area (Å²) in [5.74, 6) is 0.0168. The maximum Gasteiger partial charge on any atom is 0.243 e. The summed E-state index contributed by atoms with van der Waals surface area (Å²) in [4.78, 5) is 14.5. The Kier molecular flexibility index (Phi) is 4.64. The molecule has 2 aromatic rings. The second kappa shape index (κ2) is 6.70. The Morgan fingerprint density at radius 1 is 1.42 bits per heavy atom. The highest BCUT2D eigenvalue weighted by atomic mass is 19.1. The van der Waals surface area contributed by atoms with Gasteiger partial charge in [0.1, 0.15) is 5.82 Å². The fraction of sp³-hybridized carbons (Fsp3) is 0.412. The van der Waals surface area contributed by atoms with Gasteiger partial charge in [-0.05, 0) is 38.6 Å². The van der Waals surface area contributed by atoms with Gasteiger partial charge in [-0.25, -0.2) is 9.07 Å². The Morgan fingerprint density at radius 3 is 2.88 bits per heavy atom. The number of hydrogen-bond acceptors (Lipinski definition) is 4. The molecule has 1 amide bonds. The number of rotatable bonds is 4. The van der Waals surface area contributed by atoms with Crippen molar-refractivity contribution < 1.29 is 13.9 Å². The highest BCUT2D eigenvalue weighted by Crippen LogP contribution is 2.21. The van der Waals surface area contributed by atoms with Gasteiger partial charge in [0.25, 0.3) is 0 Å². The summed E-state index contributed by atoms with van der Waals surface area (Å²) in [5.41, 5.74) is 1.43. The molecular formula is C17H21FN4O2. The number of anilines is 1. The number of nitrogens with one attached hydrogen (secondary N) is 1. The zero-order valence-electron chi connectivity index (χ0n) is 14.0. The van der Waals surface area contributed by atoms with E-state index >= 15 is 0 Å². The van der Waals surface area contributed by atoms with Crippen LogP contribution in [0.15, 0.2) is 30.3 Å². The van der Waals surface area contributed by atoms with E-state index in [0.717, 1.165) is 12.2 Å². The number of methoxy groups -OCH3 is 1. The van der Waals surface area contributed by atoms with Crippen LogP contribution in [0.25, 0.3) is 5.69 Å². The fourth-order valence-electron chi connectivity index (χ4n) is 3.04. The maximum absolute atomic E-state index is 13.4. The number of likely N-dealkylation sites (tertiary alicyclic amines) is 1. The molecule has 0 radical (unpaired) electrons. The van der Waals surface area contributed by atoms with Gasteiger partial charge >= 0.3 is 0 Å². The van der Waals surface area contributed by atoms with Crippen molar-refractivity contribution in [1.82, 2.24) is 14.7 Å². The smallest absolute Gasteiger partial charge is 0.243 e. The van der Waals surface area contributed by atoms with Crippen molar-refractivity contribution in [3.63, 3.8) is 0 Å². The third-order valence-electron chi connectivity index (χ3n) is 4.34. The predicted octanol–water partition coefficient (Wildman–Crippen LogP) is 1.98. The van der Waals surface area contributed by atoms with Gasteiger partial charge in [-0.15, -0.1) is 5.10 Å². The van der Waals surface area contributed by atoms with Gasteiger partial charge in [-0.1, -0.05) is 6.07 Å². The van der Waals surface area contributed by atoms with E-state index in [1.807, 2.05) is 18.9 Å². The number of benzene rings is 1. The van der Waals surface area contributed by atoms with Gasteiger partial charge in [-0.3, -0.25) is 9.69 Å². The number of halogens is 1. The van der Waals surface area contributed by atoms with Crippen LogP contribution in [0, 0.1) is 12.7 Å². The Labute approximate surface area is 140 Å². The Morgan fingerprint density at radius 2 is 2.21 bits per heavy atom. The highest BCUT2D eigenvalue weighted by molar-refractivity contribution is 5.94. The van der Waals surface area contributed by atoms with Gasteiger partial charge in [0, 0.05) is 25.4 Å². The lowest BCUT2D eigenvalue weighted by atomic mass is 10.2. The SMILES string of the molecule is CO[C@H]1C[C@@H](C(=O)Nc2cc(C)n(-c3cccc(F)c3)n2)N(C)C1. The highest BCUT2D eigenvalue weighted by Gasteiger charge is 2.34. The molecule has 1 saturated heterocycles. The second-order valence-corrected chi connectivity index (χ2v) is 6.10. The van der Waals surface area contributed by atoms with Crippen molar-refractivity contribution in [3.8, 4) is 5.69 Å². The molecule has 6 nitrogen and oxygen atoms in total. The average Bonchev–Trinajstić information content (AvgIpc) is 3.10. The summed E-state index contributed by atoms with van der Waals surface area (Å²) in [5, 5.41) is 7.21. The first kappa shape index (κ1) is 16.6. The molecule has 1 N–H and O–H groups in total. The summed E-state index contributed by atoms with van der Waals surface area (Å²) in [6.45, 7) is 2.58. The number of amides is 1. The normalized spacial score (nSPS) is 21.2. The summed E-state index contributed by atoms with van der Waals surface area (Å²) < 4.78 is 20.3. The van der Waals surface area contributed by atoms with Crippen LogP contribution in [0.2, 0.25) is 0 Å². The number of hydrogen-bond donors (Lipinski definition) is 1. The zero-order chi connectivity index (χ0) is 17.3. The minimum absolute atomic E-state index is 0.0670. The molecule has 2 heterocycles. The van der Waals surface area contributed by atoms with Gasteiger partial charge in [0.2, 0.25) is 5.91 Å². The number of ether oxygens (including phenoxy) is 1. The lowest BCUT2D eigenvalue weighted by Crippen LogP contribution is -2.37.